The van der Waals surface area contributed by atoms with Crippen molar-refractivity contribution in [3.63, 3.8) is 0 Å². The molecule has 0 unspecified atom stereocenters. The fourth-order valence-electron chi connectivity index (χ4n) is 2.04. The molecule has 126 valence electrons. The molecular weight excluding hydrogens is 398 g/mol. The van der Waals surface area contributed by atoms with Gasteiger partial charge in [-0.05, 0) is 28.1 Å². The molecule has 2 N–H and O–H groups in total. The van der Waals surface area contributed by atoms with E-state index in [2.05, 4.69) is 20.7 Å². The third-order valence-electron chi connectivity index (χ3n) is 3.15. The van der Waals surface area contributed by atoms with Gasteiger partial charge >= 0.3 is 12.1 Å². The summed E-state index contributed by atoms with van der Waals surface area (Å²) in [6.07, 6.45) is -3.87. The molecule has 0 bridgehead atoms. The van der Waals surface area contributed by atoms with Crippen molar-refractivity contribution in [1.82, 2.24) is 4.57 Å². The zero-order chi connectivity index (χ0) is 18.2. The molecular formula is C14H8BrF4N3O2. The van der Waals surface area contributed by atoms with Crippen molar-refractivity contribution in [2.75, 3.05) is 12.8 Å². The predicted octanol–water partition coefficient (Wildman–Crippen LogP) is 3.64. The van der Waals surface area contributed by atoms with Crippen LogP contribution in [-0.4, -0.2) is 17.6 Å². The Bertz CT molecular complexity index is 868. The molecule has 0 amide bonds. The summed E-state index contributed by atoms with van der Waals surface area (Å²) in [5.41, 5.74) is 3.19. The Morgan fingerprint density at radius 1 is 1.42 bits per heavy atom. The standard InChI is InChI=1S/C14H8BrF4N3O2/c1-24-13(23)12-11(21)6(4-20)5-22(12)10-2-7(14(17,18)19)9(16)3-8(10)15/h2-3,5H,21H2,1H3. The monoisotopic (exact) mass is 405 g/mol. The molecule has 2 rings (SSSR count). The largest absolute Gasteiger partial charge is 0.464 e. The van der Waals surface area contributed by atoms with E-state index in [1.807, 2.05) is 0 Å². The van der Waals surface area contributed by atoms with Gasteiger partial charge in [0.2, 0.25) is 0 Å². The number of rotatable bonds is 2. The zero-order valence-electron chi connectivity index (χ0n) is 11.9. The lowest BCUT2D eigenvalue weighted by Crippen LogP contribution is -2.14. The van der Waals surface area contributed by atoms with Crippen molar-refractivity contribution in [3.05, 3.63) is 45.4 Å². The van der Waals surface area contributed by atoms with E-state index < -0.39 is 23.5 Å². The van der Waals surface area contributed by atoms with E-state index in [9.17, 15) is 22.4 Å². The molecule has 0 aliphatic rings. The maximum absolute atomic E-state index is 13.6. The van der Waals surface area contributed by atoms with Gasteiger partial charge in [-0.15, -0.1) is 0 Å². The van der Waals surface area contributed by atoms with Gasteiger partial charge < -0.3 is 15.0 Å². The highest BCUT2D eigenvalue weighted by Gasteiger charge is 2.35. The fourth-order valence-corrected chi connectivity index (χ4v) is 2.55. The number of ether oxygens (including phenoxy) is 1. The number of halogens is 5. The second kappa shape index (κ2) is 6.16. The van der Waals surface area contributed by atoms with Crippen LogP contribution in [0.15, 0.2) is 22.8 Å². The fraction of sp³-hybridized carbons (Fsp3) is 0.143. The van der Waals surface area contributed by atoms with Gasteiger partial charge in [0.05, 0.1) is 29.6 Å². The first-order chi connectivity index (χ1) is 11.1. The summed E-state index contributed by atoms with van der Waals surface area (Å²) < 4.78 is 57.8. The van der Waals surface area contributed by atoms with Gasteiger partial charge in [0.15, 0.2) is 5.69 Å². The van der Waals surface area contributed by atoms with Crippen LogP contribution >= 0.6 is 15.9 Å². The van der Waals surface area contributed by atoms with Crippen LogP contribution in [0.2, 0.25) is 0 Å². The van der Waals surface area contributed by atoms with Crippen molar-refractivity contribution in [2.24, 2.45) is 0 Å². The van der Waals surface area contributed by atoms with E-state index >= 15 is 0 Å². The average Bonchev–Trinajstić information content (AvgIpc) is 2.81. The lowest BCUT2D eigenvalue weighted by atomic mass is 10.1. The number of alkyl halides is 3. The molecule has 0 saturated carbocycles. The summed E-state index contributed by atoms with van der Waals surface area (Å²) in [6.45, 7) is 0. The molecule has 0 atom stereocenters. The summed E-state index contributed by atoms with van der Waals surface area (Å²) in [7, 11) is 1.05. The van der Waals surface area contributed by atoms with E-state index in [1.54, 1.807) is 6.07 Å². The number of hydrogen-bond acceptors (Lipinski definition) is 4. The number of esters is 1. The van der Waals surface area contributed by atoms with Crippen LogP contribution in [0.25, 0.3) is 5.69 Å². The number of carbonyl (C=O) groups is 1. The first-order valence-electron chi connectivity index (χ1n) is 6.17. The van der Waals surface area contributed by atoms with Crippen molar-refractivity contribution >= 4 is 27.6 Å². The van der Waals surface area contributed by atoms with Crippen LogP contribution in [0.1, 0.15) is 21.6 Å². The maximum Gasteiger partial charge on any atom is 0.419 e. The van der Waals surface area contributed by atoms with E-state index in [0.29, 0.717) is 12.1 Å². The Morgan fingerprint density at radius 2 is 2.04 bits per heavy atom. The minimum absolute atomic E-state index is 0.0716. The van der Waals surface area contributed by atoms with Crippen LogP contribution in [0.5, 0.6) is 0 Å². The number of methoxy groups -OCH3 is 1. The Kier molecular flexibility index (Phi) is 4.57. The molecule has 0 radical (unpaired) electrons. The SMILES string of the molecule is COC(=O)c1c(N)c(C#N)cn1-c1cc(C(F)(F)F)c(F)cc1Br. The maximum atomic E-state index is 13.6. The van der Waals surface area contributed by atoms with Crippen molar-refractivity contribution < 1.29 is 27.1 Å². The molecule has 0 fully saturated rings. The summed E-state index contributed by atoms with van der Waals surface area (Å²) in [5.74, 6) is -2.45. The van der Waals surface area contributed by atoms with Gasteiger partial charge in [-0.25, -0.2) is 9.18 Å². The highest BCUT2D eigenvalue weighted by Crippen LogP contribution is 2.37. The van der Waals surface area contributed by atoms with E-state index in [-0.39, 0.29) is 27.1 Å². The molecule has 10 heteroatoms. The van der Waals surface area contributed by atoms with Gasteiger partial charge in [-0.1, -0.05) is 0 Å². The first kappa shape index (κ1) is 17.8. The van der Waals surface area contributed by atoms with Crippen LogP contribution in [0, 0.1) is 17.1 Å². The summed E-state index contributed by atoms with van der Waals surface area (Å²) in [6, 6.07) is 2.83. The first-order valence-corrected chi connectivity index (χ1v) is 6.97. The molecule has 1 aromatic carbocycles. The Balaban J connectivity index is 2.82. The number of nitrogen functional groups attached to an aromatic ring is 1. The minimum atomic E-state index is -4.94. The number of aromatic nitrogens is 1. The van der Waals surface area contributed by atoms with E-state index in [0.717, 1.165) is 17.9 Å². The Hall–Kier alpha value is -2.54. The smallest absolute Gasteiger partial charge is 0.419 e. The summed E-state index contributed by atoms with van der Waals surface area (Å²) >= 11 is 2.94. The molecule has 5 nitrogen and oxygen atoms in total. The minimum Gasteiger partial charge on any atom is -0.464 e. The highest BCUT2D eigenvalue weighted by molar-refractivity contribution is 9.10. The number of benzene rings is 1. The van der Waals surface area contributed by atoms with Gasteiger partial charge in [0.1, 0.15) is 11.9 Å². The van der Waals surface area contributed by atoms with Crippen LogP contribution in [-0.2, 0) is 10.9 Å². The van der Waals surface area contributed by atoms with E-state index in [1.165, 1.54) is 0 Å². The molecule has 0 saturated heterocycles. The second-order valence-corrected chi connectivity index (χ2v) is 5.41. The molecule has 0 spiro atoms. The molecule has 24 heavy (non-hydrogen) atoms. The average molecular weight is 406 g/mol. The molecule has 0 aliphatic carbocycles. The number of nitriles is 1. The molecule has 2 aromatic rings. The molecule has 0 aliphatic heterocycles. The van der Waals surface area contributed by atoms with Crippen LogP contribution in [0.3, 0.4) is 0 Å². The second-order valence-electron chi connectivity index (χ2n) is 4.56. The lowest BCUT2D eigenvalue weighted by Gasteiger charge is -2.14. The molecule has 1 aromatic heterocycles. The van der Waals surface area contributed by atoms with E-state index in [4.69, 9.17) is 11.0 Å². The third kappa shape index (κ3) is 2.94. The predicted molar refractivity (Wildman–Crippen MR) is 78.9 cm³/mol. The summed E-state index contributed by atoms with van der Waals surface area (Å²) in [5, 5.41) is 9.01. The number of anilines is 1. The zero-order valence-corrected chi connectivity index (χ0v) is 13.5. The van der Waals surface area contributed by atoms with Gasteiger partial charge in [0, 0.05) is 10.7 Å². The number of carbonyl (C=O) groups excluding carboxylic acids is 1. The third-order valence-corrected chi connectivity index (χ3v) is 3.78. The van der Waals surface area contributed by atoms with Crippen LogP contribution in [0.4, 0.5) is 23.2 Å². The normalized spacial score (nSPS) is 11.2. The highest BCUT2D eigenvalue weighted by atomic mass is 79.9. The Labute approximate surface area is 141 Å². The summed E-state index contributed by atoms with van der Waals surface area (Å²) in [4.78, 5) is 11.9. The number of nitrogens with zero attached hydrogens (tertiary/aromatic N) is 2. The molecule has 1 heterocycles. The van der Waals surface area contributed by atoms with Crippen molar-refractivity contribution in [3.8, 4) is 11.8 Å². The van der Waals surface area contributed by atoms with Gasteiger partial charge in [-0.2, -0.15) is 18.4 Å². The topological polar surface area (TPSA) is 81.0 Å². The lowest BCUT2D eigenvalue weighted by molar-refractivity contribution is -0.140. The van der Waals surface area contributed by atoms with Crippen molar-refractivity contribution in [1.29, 1.82) is 5.26 Å². The van der Waals surface area contributed by atoms with Crippen LogP contribution < -0.4 is 5.73 Å². The van der Waals surface area contributed by atoms with Gasteiger partial charge in [-0.3, -0.25) is 0 Å². The number of nitrogens with two attached hydrogens (primary N) is 1. The van der Waals surface area contributed by atoms with Gasteiger partial charge in [0.25, 0.3) is 0 Å². The number of hydrogen-bond donors (Lipinski definition) is 1. The van der Waals surface area contributed by atoms with Crippen molar-refractivity contribution in [2.45, 2.75) is 6.18 Å². The quantitative estimate of drug-likeness (QED) is 0.610. The Morgan fingerprint density at radius 3 is 2.54 bits per heavy atom.